The second kappa shape index (κ2) is 6.68. The van der Waals surface area contributed by atoms with Crippen molar-refractivity contribution < 1.29 is 9.18 Å². The van der Waals surface area contributed by atoms with E-state index in [1.807, 2.05) is 16.9 Å². The lowest BCUT2D eigenvalue weighted by Crippen LogP contribution is -2.26. The van der Waals surface area contributed by atoms with Gasteiger partial charge in [0.05, 0.1) is 6.42 Å². The van der Waals surface area contributed by atoms with E-state index in [4.69, 9.17) is 0 Å². The zero-order chi connectivity index (χ0) is 13.5. The molecule has 4 nitrogen and oxygen atoms in total. The molecular formula is C14H16FN3O. The second-order valence-corrected chi connectivity index (χ2v) is 4.28. The van der Waals surface area contributed by atoms with Gasteiger partial charge in [-0.1, -0.05) is 12.1 Å². The van der Waals surface area contributed by atoms with Crippen molar-refractivity contribution in [2.45, 2.75) is 19.4 Å². The van der Waals surface area contributed by atoms with E-state index >= 15 is 0 Å². The summed E-state index contributed by atoms with van der Waals surface area (Å²) in [5.41, 5.74) is 0.685. The van der Waals surface area contributed by atoms with Crippen molar-refractivity contribution in [3.63, 3.8) is 0 Å². The summed E-state index contributed by atoms with van der Waals surface area (Å²) in [5.74, 6) is -0.407. The summed E-state index contributed by atoms with van der Waals surface area (Å²) in [6.45, 7) is 1.36. The number of aromatic nitrogens is 2. The minimum Gasteiger partial charge on any atom is -0.356 e. The van der Waals surface area contributed by atoms with Crippen LogP contribution in [0.5, 0.6) is 0 Å². The summed E-state index contributed by atoms with van der Waals surface area (Å²) in [6.07, 6.45) is 4.63. The van der Waals surface area contributed by atoms with Crippen molar-refractivity contribution in [3.05, 3.63) is 54.1 Å². The highest BCUT2D eigenvalue weighted by Crippen LogP contribution is 2.04. The molecule has 100 valence electrons. The summed E-state index contributed by atoms with van der Waals surface area (Å²) < 4.78 is 14.8. The molecule has 1 N–H and O–H groups in total. The molecule has 1 aromatic carbocycles. The van der Waals surface area contributed by atoms with Crippen LogP contribution in [0.1, 0.15) is 12.0 Å². The van der Waals surface area contributed by atoms with Gasteiger partial charge in [0.15, 0.2) is 0 Å². The number of hydrogen-bond acceptors (Lipinski definition) is 2. The normalized spacial score (nSPS) is 10.4. The molecule has 0 aliphatic carbocycles. The van der Waals surface area contributed by atoms with E-state index in [1.54, 1.807) is 18.3 Å². The van der Waals surface area contributed by atoms with Crippen LogP contribution in [-0.4, -0.2) is 22.2 Å². The topological polar surface area (TPSA) is 46.9 Å². The lowest BCUT2D eigenvalue weighted by atomic mass is 10.1. The van der Waals surface area contributed by atoms with E-state index in [2.05, 4.69) is 10.4 Å². The molecule has 0 saturated heterocycles. The number of nitrogens with zero attached hydrogens (tertiary/aromatic N) is 2. The Kier molecular flexibility index (Phi) is 4.66. The molecule has 1 aromatic heterocycles. The molecule has 19 heavy (non-hydrogen) atoms. The maximum Gasteiger partial charge on any atom is 0.224 e. The van der Waals surface area contributed by atoms with Gasteiger partial charge < -0.3 is 5.32 Å². The standard InChI is InChI=1S/C14H16FN3O/c15-13-5-1-4-12(10-13)11-14(19)16-6-2-8-18-9-3-7-17-18/h1,3-5,7,9-10H,2,6,8,11H2,(H,16,19). The maximum atomic E-state index is 12.9. The molecule has 0 saturated carbocycles. The highest BCUT2D eigenvalue weighted by atomic mass is 19.1. The predicted octanol–water partition coefficient (Wildman–Crippen LogP) is 1.77. The Morgan fingerprint density at radius 1 is 1.37 bits per heavy atom. The second-order valence-electron chi connectivity index (χ2n) is 4.28. The monoisotopic (exact) mass is 261 g/mol. The molecule has 0 bridgehead atoms. The predicted molar refractivity (Wildman–Crippen MR) is 70.0 cm³/mol. The smallest absolute Gasteiger partial charge is 0.224 e. The molecule has 1 heterocycles. The van der Waals surface area contributed by atoms with Crippen molar-refractivity contribution in [3.8, 4) is 0 Å². The largest absolute Gasteiger partial charge is 0.356 e. The number of hydrogen-bond donors (Lipinski definition) is 1. The molecule has 0 aliphatic rings. The average molecular weight is 261 g/mol. The van der Waals surface area contributed by atoms with Crippen LogP contribution in [0.15, 0.2) is 42.7 Å². The number of carbonyl (C=O) groups excluding carboxylic acids is 1. The first kappa shape index (κ1) is 13.3. The van der Waals surface area contributed by atoms with Gasteiger partial charge in [0.25, 0.3) is 0 Å². The summed E-state index contributed by atoms with van der Waals surface area (Å²) in [7, 11) is 0. The van der Waals surface area contributed by atoms with Gasteiger partial charge in [0.2, 0.25) is 5.91 Å². The zero-order valence-corrected chi connectivity index (χ0v) is 10.6. The van der Waals surface area contributed by atoms with E-state index in [0.717, 1.165) is 13.0 Å². The average Bonchev–Trinajstić information content (AvgIpc) is 2.88. The Morgan fingerprint density at radius 2 is 2.26 bits per heavy atom. The fourth-order valence-corrected chi connectivity index (χ4v) is 1.80. The number of amides is 1. The van der Waals surface area contributed by atoms with Crippen molar-refractivity contribution in [1.29, 1.82) is 0 Å². The van der Waals surface area contributed by atoms with Crippen LogP contribution in [0.4, 0.5) is 4.39 Å². The zero-order valence-electron chi connectivity index (χ0n) is 10.6. The number of halogens is 1. The Hall–Kier alpha value is -2.17. The highest BCUT2D eigenvalue weighted by molar-refractivity contribution is 5.78. The Bertz CT molecular complexity index is 525. The van der Waals surface area contributed by atoms with Crippen LogP contribution < -0.4 is 5.32 Å². The van der Waals surface area contributed by atoms with Gasteiger partial charge in [-0.15, -0.1) is 0 Å². The van der Waals surface area contributed by atoms with E-state index in [0.29, 0.717) is 12.1 Å². The number of rotatable bonds is 6. The van der Waals surface area contributed by atoms with Crippen molar-refractivity contribution >= 4 is 5.91 Å². The van der Waals surface area contributed by atoms with Crippen LogP contribution >= 0.6 is 0 Å². The lowest BCUT2D eigenvalue weighted by Gasteiger charge is -2.05. The minimum absolute atomic E-state index is 0.0916. The van der Waals surface area contributed by atoms with Gasteiger partial charge in [-0.2, -0.15) is 5.10 Å². The molecule has 0 atom stereocenters. The Morgan fingerprint density at radius 3 is 3.00 bits per heavy atom. The van der Waals surface area contributed by atoms with E-state index < -0.39 is 0 Å². The van der Waals surface area contributed by atoms with Crippen molar-refractivity contribution in [2.24, 2.45) is 0 Å². The first-order chi connectivity index (χ1) is 9.24. The summed E-state index contributed by atoms with van der Waals surface area (Å²) in [6, 6.07) is 7.96. The van der Waals surface area contributed by atoms with Crippen LogP contribution in [0.25, 0.3) is 0 Å². The molecule has 1 amide bonds. The molecule has 5 heteroatoms. The van der Waals surface area contributed by atoms with Gasteiger partial charge >= 0.3 is 0 Å². The Balaban J connectivity index is 1.67. The quantitative estimate of drug-likeness (QED) is 0.806. The number of aryl methyl sites for hydroxylation is 1. The van der Waals surface area contributed by atoms with Crippen LogP contribution in [0.3, 0.4) is 0 Å². The fourth-order valence-electron chi connectivity index (χ4n) is 1.80. The van der Waals surface area contributed by atoms with E-state index in [9.17, 15) is 9.18 Å². The van der Waals surface area contributed by atoms with E-state index in [1.165, 1.54) is 12.1 Å². The first-order valence-corrected chi connectivity index (χ1v) is 6.22. The molecular weight excluding hydrogens is 245 g/mol. The highest BCUT2D eigenvalue weighted by Gasteiger charge is 2.03. The van der Waals surface area contributed by atoms with Crippen molar-refractivity contribution in [2.75, 3.05) is 6.54 Å². The molecule has 2 rings (SSSR count). The molecule has 0 fully saturated rings. The summed E-state index contributed by atoms with van der Waals surface area (Å²) in [5, 5.41) is 6.88. The van der Waals surface area contributed by atoms with Gasteiger partial charge in [0, 0.05) is 25.5 Å². The van der Waals surface area contributed by atoms with Gasteiger partial charge in [-0.05, 0) is 30.2 Å². The summed E-state index contributed by atoms with van der Waals surface area (Å²) >= 11 is 0. The Labute approximate surface area is 111 Å². The van der Waals surface area contributed by atoms with Crippen LogP contribution in [0.2, 0.25) is 0 Å². The van der Waals surface area contributed by atoms with E-state index in [-0.39, 0.29) is 18.1 Å². The summed E-state index contributed by atoms with van der Waals surface area (Å²) in [4.78, 5) is 11.6. The van der Waals surface area contributed by atoms with Crippen LogP contribution in [0, 0.1) is 5.82 Å². The number of carbonyl (C=O) groups is 1. The molecule has 0 spiro atoms. The SMILES string of the molecule is O=C(Cc1cccc(F)c1)NCCCn1cccn1. The third-order valence-corrected chi connectivity index (χ3v) is 2.70. The third-order valence-electron chi connectivity index (χ3n) is 2.70. The van der Waals surface area contributed by atoms with Crippen molar-refractivity contribution in [1.82, 2.24) is 15.1 Å². The van der Waals surface area contributed by atoms with Crippen LogP contribution in [-0.2, 0) is 17.8 Å². The number of benzene rings is 1. The molecule has 0 radical (unpaired) electrons. The lowest BCUT2D eigenvalue weighted by molar-refractivity contribution is -0.120. The van der Waals surface area contributed by atoms with Gasteiger partial charge in [-0.3, -0.25) is 9.48 Å². The molecule has 2 aromatic rings. The fraction of sp³-hybridized carbons (Fsp3) is 0.286. The first-order valence-electron chi connectivity index (χ1n) is 6.22. The minimum atomic E-state index is -0.316. The molecule has 0 unspecified atom stereocenters. The third kappa shape index (κ3) is 4.54. The maximum absolute atomic E-state index is 12.9. The molecule has 0 aliphatic heterocycles. The van der Waals surface area contributed by atoms with Gasteiger partial charge in [-0.25, -0.2) is 4.39 Å². The number of nitrogens with one attached hydrogen (secondary N) is 1. The van der Waals surface area contributed by atoms with Gasteiger partial charge in [0.1, 0.15) is 5.82 Å².